The van der Waals surface area contributed by atoms with Crippen LogP contribution < -0.4 is 16.0 Å². The number of anilines is 2. The van der Waals surface area contributed by atoms with Gasteiger partial charge in [0, 0.05) is 24.9 Å². The molecular formula is C19H19FN6O4S. The molecule has 0 aliphatic carbocycles. The van der Waals surface area contributed by atoms with Gasteiger partial charge in [-0.2, -0.15) is 10.4 Å². The van der Waals surface area contributed by atoms with Gasteiger partial charge in [-0.1, -0.05) is 0 Å². The highest BCUT2D eigenvalue weighted by atomic mass is 32.2. The Bertz CT molecular complexity index is 1330. The lowest BCUT2D eigenvalue weighted by atomic mass is 9.87. The molecule has 0 bridgehead atoms. The Kier molecular flexibility index (Phi) is 5.26. The monoisotopic (exact) mass is 446 g/mol. The predicted molar refractivity (Wildman–Crippen MR) is 110 cm³/mol. The Morgan fingerprint density at radius 2 is 2.13 bits per heavy atom. The summed E-state index contributed by atoms with van der Waals surface area (Å²) in [6.45, 7) is 0.170. The summed E-state index contributed by atoms with van der Waals surface area (Å²) in [5.41, 5.74) is -1.05. The minimum absolute atomic E-state index is 0.0617. The minimum Gasteiger partial charge on any atom is -0.379 e. The molecule has 10 nitrogen and oxygen atoms in total. The van der Waals surface area contributed by atoms with Gasteiger partial charge in [0.2, 0.25) is 10.0 Å². The van der Waals surface area contributed by atoms with Crippen molar-refractivity contribution >= 4 is 32.4 Å². The Hall–Kier alpha value is -3.27. The minimum atomic E-state index is -3.85. The lowest BCUT2D eigenvalue weighted by Gasteiger charge is -2.38. The third kappa shape index (κ3) is 3.67. The van der Waals surface area contributed by atoms with Crippen molar-refractivity contribution in [2.24, 2.45) is 5.14 Å². The first-order chi connectivity index (χ1) is 14.8. The van der Waals surface area contributed by atoms with Crippen LogP contribution in [0.25, 0.3) is 10.9 Å². The zero-order valence-electron chi connectivity index (χ0n) is 16.2. The molecule has 2 atom stereocenters. The van der Waals surface area contributed by atoms with Crippen LogP contribution in [0.3, 0.4) is 0 Å². The lowest BCUT2D eigenvalue weighted by molar-refractivity contribution is -0.0572. The number of ether oxygens (including phenoxy) is 1. The fraction of sp³-hybridized carbons (Fsp3) is 0.316. The molecule has 31 heavy (non-hydrogen) atoms. The summed E-state index contributed by atoms with van der Waals surface area (Å²) in [6, 6.07) is 9.15. The SMILES string of the molecule is N#CC[C@@]1(n2nc(Nc3ccc(S(N)(=O)=O)cc3)c3c(=O)[nH]ccc32)COCC[C@@H]1F. The predicted octanol–water partition coefficient (Wildman–Crippen LogP) is 1.48. The molecule has 1 aliphatic heterocycles. The third-order valence-electron chi connectivity index (χ3n) is 5.31. The highest BCUT2D eigenvalue weighted by molar-refractivity contribution is 7.89. The van der Waals surface area contributed by atoms with Gasteiger partial charge in [0.1, 0.15) is 17.1 Å². The molecule has 3 heterocycles. The quantitative estimate of drug-likeness (QED) is 0.536. The maximum atomic E-state index is 15.1. The van der Waals surface area contributed by atoms with E-state index in [2.05, 4.69) is 15.4 Å². The topological polar surface area (TPSA) is 156 Å². The molecule has 4 N–H and O–H groups in total. The third-order valence-corrected chi connectivity index (χ3v) is 6.24. The molecular weight excluding hydrogens is 427 g/mol. The van der Waals surface area contributed by atoms with Crippen molar-refractivity contribution in [3.8, 4) is 6.07 Å². The summed E-state index contributed by atoms with van der Waals surface area (Å²) < 4.78 is 44.9. The number of H-pyrrole nitrogens is 1. The van der Waals surface area contributed by atoms with Gasteiger partial charge >= 0.3 is 0 Å². The first kappa shape index (κ1) is 21.0. The van der Waals surface area contributed by atoms with Crippen molar-refractivity contribution in [2.45, 2.75) is 29.4 Å². The van der Waals surface area contributed by atoms with E-state index in [0.717, 1.165) is 0 Å². The zero-order chi connectivity index (χ0) is 22.2. The summed E-state index contributed by atoms with van der Waals surface area (Å²) in [4.78, 5) is 15.1. The van der Waals surface area contributed by atoms with Crippen molar-refractivity contribution < 1.29 is 17.5 Å². The molecule has 0 spiro atoms. The number of nitrogens with zero attached hydrogens (tertiary/aromatic N) is 3. The number of halogens is 1. The van der Waals surface area contributed by atoms with Gasteiger partial charge in [-0.3, -0.25) is 4.79 Å². The summed E-state index contributed by atoms with van der Waals surface area (Å²) in [5, 5.41) is 22.1. The molecule has 1 fully saturated rings. The standard InChI is InChI=1S/C19H19FN6O4S/c20-15-6-10-30-11-19(15,7-8-21)26-14-5-9-23-18(27)16(14)17(25-26)24-12-1-3-13(4-2-12)31(22,28)29/h1-5,9,15H,6-7,10-11H2,(H,23,27)(H,24,25)(H2,22,28,29)/t15-,19+/m0/s1. The normalized spacial score (nSPS) is 21.6. The lowest BCUT2D eigenvalue weighted by Crippen LogP contribution is -2.50. The van der Waals surface area contributed by atoms with E-state index in [9.17, 15) is 18.5 Å². The van der Waals surface area contributed by atoms with Gasteiger partial charge in [-0.15, -0.1) is 0 Å². The fourth-order valence-electron chi connectivity index (χ4n) is 3.73. The van der Waals surface area contributed by atoms with E-state index in [4.69, 9.17) is 9.88 Å². The van der Waals surface area contributed by atoms with E-state index in [1.165, 1.54) is 35.1 Å². The Labute approximate surface area is 176 Å². The smallest absolute Gasteiger partial charge is 0.261 e. The van der Waals surface area contributed by atoms with Crippen LogP contribution in [0, 0.1) is 11.3 Å². The molecule has 1 aromatic carbocycles. The zero-order valence-corrected chi connectivity index (χ0v) is 17.0. The second-order valence-corrected chi connectivity index (χ2v) is 8.83. The molecule has 2 aromatic heterocycles. The van der Waals surface area contributed by atoms with Crippen molar-refractivity contribution in [2.75, 3.05) is 18.5 Å². The number of rotatable bonds is 5. The van der Waals surface area contributed by atoms with Crippen LogP contribution in [0.1, 0.15) is 12.8 Å². The molecule has 0 unspecified atom stereocenters. The Morgan fingerprint density at radius 3 is 2.77 bits per heavy atom. The van der Waals surface area contributed by atoms with Crippen molar-refractivity contribution in [3.63, 3.8) is 0 Å². The van der Waals surface area contributed by atoms with E-state index < -0.39 is 27.3 Å². The molecule has 3 aromatic rings. The Morgan fingerprint density at radius 1 is 1.39 bits per heavy atom. The summed E-state index contributed by atoms with van der Waals surface area (Å²) in [7, 11) is -3.85. The number of alkyl halides is 1. The van der Waals surface area contributed by atoms with Crippen LogP contribution in [-0.4, -0.2) is 42.6 Å². The van der Waals surface area contributed by atoms with E-state index in [0.29, 0.717) is 11.2 Å². The first-order valence-electron chi connectivity index (χ1n) is 9.36. The van der Waals surface area contributed by atoms with Crippen LogP contribution >= 0.6 is 0 Å². The van der Waals surface area contributed by atoms with Crippen LogP contribution in [0.15, 0.2) is 46.2 Å². The molecule has 1 aliphatic rings. The summed E-state index contributed by atoms with van der Waals surface area (Å²) >= 11 is 0. The first-order valence-corrected chi connectivity index (χ1v) is 10.9. The number of aromatic amines is 1. The number of primary sulfonamides is 1. The van der Waals surface area contributed by atoms with Crippen molar-refractivity contribution in [1.82, 2.24) is 14.8 Å². The molecule has 0 saturated carbocycles. The van der Waals surface area contributed by atoms with Gasteiger partial charge in [0.25, 0.3) is 5.56 Å². The molecule has 1 saturated heterocycles. The van der Waals surface area contributed by atoms with Gasteiger partial charge in [0.15, 0.2) is 5.82 Å². The average molecular weight is 446 g/mol. The number of pyridine rings is 1. The van der Waals surface area contributed by atoms with Crippen LogP contribution in [0.5, 0.6) is 0 Å². The molecule has 4 rings (SSSR count). The number of nitriles is 1. The second-order valence-electron chi connectivity index (χ2n) is 7.27. The number of fused-ring (bicyclic) bond motifs is 1. The number of aromatic nitrogens is 3. The number of sulfonamides is 1. The molecule has 0 radical (unpaired) electrons. The number of hydrogen-bond acceptors (Lipinski definition) is 7. The van der Waals surface area contributed by atoms with E-state index in [-0.39, 0.29) is 42.2 Å². The summed E-state index contributed by atoms with van der Waals surface area (Å²) in [6.07, 6.45) is -0.0698. The summed E-state index contributed by atoms with van der Waals surface area (Å²) in [5.74, 6) is 0.135. The van der Waals surface area contributed by atoms with Crippen LogP contribution in [0.2, 0.25) is 0 Å². The molecule has 162 valence electrons. The number of hydrogen-bond donors (Lipinski definition) is 3. The van der Waals surface area contributed by atoms with Crippen LogP contribution in [0.4, 0.5) is 15.9 Å². The average Bonchev–Trinajstić information content (AvgIpc) is 3.10. The van der Waals surface area contributed by atoms with Crippen LogP contribution in [-0.2, 0) is 20.3 Å². The second kappa shape index (κ2) is 7.77. The van der Waals surface area contributed by atoms with Crippen molar-refractivity contribution in [3.05, 3.63) is 46.9 Å². The van der Waals surface area contributed by atoms with Gasteiger partial charge in [-0.05, 0) is 30.3 Å². The number of nitrogens with two attached hydrogens (primary N) is 1. The number of benzene rings is 1. The van der Waals surface area contributed by atoms with Crippen molar-refractivity contribution in [1.29, 1.82) is 5.26 Å². The van der Waals surface area contributed by atoms with Gasteiger partial charge in [0.05, 0.1) is 29.5 Å². The van der Waals surface area contributed by atoms with E-state index >= 15 is 4.39 Å². The molecule has 0 amide bonds. The Balaban J connectivity index is 1.84. The largest absolute Gasteiger partial charge is 0.379 e. The molecule has 12 heteroatoms. The fourth-order valence-corrected chi connectivity index (χ4v) is 4.25. The maximum absolute atomic E-state index is 15.1. The maximum Gasteiger partial charge on any atom is 0.261 e. The van der Waals surface area contributed by atoms with Gasteiger partial charge < -0.3 is 15.0 Å². The van der Waals surface area contributed by atoms with E-state index in [1.54, 1.807) is 6.07 Å². The van der Waals surface area contributed by atoms with E-state index in [1.807, 2.05) is 6.07 Å². The highest BCUT2D eigenvalue weighted by Gasteiger charge is 2.46. The number of nitrogens with one attached hydrogen (secondary N) is 2. The van der Waals surface area contributed by atoms with Gasteiger partial charge in [-0.25, -0.2) is 22.6 Å². The highest BCUT2D eigenvalue weighted by Crippen LogP contribution is 2.37.